The molecule has 0 saturated heterocycles. The SMILES string of the molecule is CCOCC(CO)NC(=O)c1c(I)c(C(=O)NC(C)O)c(I)c(C(=O)NC(CO)COC(C)=O)c1I. The Bertz CT molecular complexity index is 976. The molecular formula is C21H28I3N3O9. The molecule has 15 heteroatoms. The summed E-state index contributed by atoms with van der Waals surface area (Å²) in [5.41, 5.74) is -0.0316. The first-order chi connectivity index (χ1) is 16.9. The second-order valence-corrected chi connectivity index (χ2v) is 10.6. The smallest absolute Gasteiger partial charge is 0.302 e. The molecule has 0 fully saturated rings. The van der Waals surface area contributed by atoms with Crippen LogP contribution in [0.3, 0.4) is 0 Å². The lowest BCUT2D eigenvalue weighted by Crippen LogP contribution is -2.44. The zero-order valence-corrected chi connectivity index (χ0v) is 26.2. The normalized spacial score (nSPS) is 13.4. The molecule has 0 heterocycles. The lowest BCUT2D eigenvalue weighted by atomic mass is 10.0. The van der Waals surface area contributed by atoms with E-state index in [1.807, 2.05) is 45.2 Å². The maximum absolute atomic E-state index is 13.3. The molecule has 3 unspecified atom stereocenters. The number of rotatable bonds is 13. The summed E-state index contributed by atoms with van der Waals surface area (Å²) in [7, 11) is 0. The van der Waals surface area contributed by atoms with E-state index in [9.17, 15) is 34.5 Å². The summed E-state index contributed by atoms with van der Waals surface area (Å²) in [5, 5.41) is 36.4. The molecule has 1 aromatic rings. The molecule has 1 rings (SSSR count). The number of aliphatic hydroxyl groups excluding tert-OH is 3. The lowest BCUT2D eigenvalue weighted by molar-refractivity contribution is -0.141. The fraction of sp³-hybridized carbons (Fsp3) is 0.524. The Kier molecular flexibility index (Phi) is 14.9. The Balaban J connectivity index is 3.60. The minimum atomic E-state index is -1.20. The van der Waals surface area contributed by atoms with Gasteiger partial charge in [-0.1, -0.05) is 0 Å². The zero-order valence-electron chi connectivity index (χ0n) is 19.7. The van der Waals surface area contributed by atoms with Crippen molar-refractivity contribution >= 4 is 91.5 Å². The van der Waals surface area contributed by atoms with Crippen LogP contribution in [-0.2, 0) is 14.3 Å². The summed E-state index contributed by atoms with van der Waals surface area (Å²) in [4.78, 5) is 50.6. The fourth-order valence-electron chi connectivity index (χ4n) is 2.80. The zero-order chi connectivity index (χ0) is 27.6. The highest BCUT2D eigenvalue weighted by molar-refractivity contribution is 14.1. The number of amides is 3. The molecule has 12 nitrogen and oxygen atoms in total. The Morgan fingerprint density at radius 3 is 1.53 bits per heavy atom. The number of hydrogen-bond acceptors (Lipinski definition) is 9. The van der Waals surface area contributed by atoms with E-state index in [0.29, 0.717) is 6.61 Å². The van der Waals surface area contributed by atoms with Crippen molar-refractivity contribution in [2.24, 2.45) is 0 Å². The molecule has 1 aromatic carbocycles. The fourth-order valence-corrected chi connectivity index (χ4v) is 7.43. The number of halogens is 3. The molecule has 0 bridgehead atoms. The second kappa shape index (κ2) is 16.2. The van der Waals surface area contributed by atoms with E-state index in [2.05, 4.69) is 16.0 Å². The van der Waals surface area contributed by atoms with Crippen LogP contribution in [0.4, 0.5) is 0 Å². The van der Waals surface area contributed by atoms with E-state index in [0.717, 1.165) is 0 Å². The first kappa shape index (κ1) is 33.2. The van der Waals surface area contributed by atoms with Crippen LogP contribution in [0, 0.1) is 10.7 Å². The van der Waals surface area contributed by atoms with Gasteiger partial charge in [0.2, 0.25) is 0 Å². The molecule has 0 aliphatic heterocycles. The van der Waals surface area contributed by atoms with Crippen molar-refractivity contribution in [3.8, 4) is 0 Å². The van der Waals surface area contributed by atoms with Gasteiger partial charge in [0.25, 0.3) is 17.7 Å². The van der Waals surface area contributed by atoms with Crippen molar-refractivity contribution in [3.63, 3.8) is 0 Å². The summed E-state index contributed by atoms with van der Waals surface area (Å²) >= 11 is 5.43. The maximum Gasteiger partial charge on any atom is 0.302 e. The average molecular weight is 847 g/mol. The predicted octanol–water partition coefficient (Wildman–Crippen LogP) is 0.349. The van der Waals surface area contributed by atoms with Crippen molar-refractivity contribution in [2.75, 3.05) is 33.0 Å². The van der Waals surface area contributed by atoms with Gasteiger partial charge in [0.05, 0.1) is 48.6 Å². The number of hydrogen-bond donors (Lipinski definition) is 6. The molecular weight excluding hydrogens is 819 g/mol. The number of aliphatic hydroxyl groups is 3. The Morgan fingerprint density at radius 1 is 0.806 bits per heavy atom. The highest BCUT2D eigenvalue weighted by atomic mass is 127. The summed E-state index contributed by atoms with van der Waals surface area (Å²) < 4.78 is 10.8. The lowest BCUT2D eigenvalue weighted by Gasteiger charge is -2.22. The quantitative estimate of drug-likeness (QED) is 0.0928. The Morgan fingerprint density at radius 2 is 1.19 bits per heavy atom. The molecule has 202 valence electrons. The summed E-state index contributed by atoms with van der Waals surface area (Å²) in [6.45, 7) is 3.49. The van der Waals surface area contributed by atoms with Gasteiger partial charge < -0.3 is 40.7 Å². The summed E-state index contributed by atoms with van der Waals surface area (Å²) in [6.07, 6.45) is -1.20. The third-order valence-electron chi connectivity index (χ3n) is 4.46. The minimum absolute atomic E-state index is 0.00740. The molecule has 0 aliphatic rings. The number of benzene rings is 1. The summed E-state index contributed by atoms with van der Waals surface area (Å²) in [6, 6.07) is -1.68. The molecule has 3 atom stereocenters. The molecule has 0 radical (unpaired) electrons. The van der Waals surface area contributed by atoms with Crippen molar-refractivity contribution < 1.29 is 44.0 Å². The van der Waals surface area contributed by atoms with Crippen LogP contribution in [0.15, 0.2) is 0 Å². The number of esters is 1. The third kappa shape index (κ3) is 9.46. The van der Waals surface area contributed by atoms with Gasteiger partial charge >= 0.3 is 5.97 Å². The topological polar surface area (TPSA) is 184 Å². The molecule has 36 heavy (non-hydrogen) atoms. The second-order valence-electron chi connectivity index (χ2n) is 7.38. The van der Waals surface area contributed by atoms with E-state index in [4.69, 9.17) is 9.47 Å². The van der Waals surface area contributed by atoms with E-state index >= 15 is 0 Å². The standard InChI is InChI=1S/C21H28I3N3O9/c1-4-35-7-11(5-28)26-20(33)14-16(22)13(19(32)25-9(2)30)17(23)15(18(14)24)21(34)27-12(6-29)8-36-10(3)31/h9,11-12,28-30H,4-8H2,1-3H3,(H,25,32)(H,26,33)(H,27,34). The van der Waals surface area contributed by atoms with E-state index in [1.165, 1.54) is 13.8 Å². The average Bonchev–Trinajstić information content (AvgIpc) is 2.78. The monoisotopic (exact) mass is 847 g/mol. The largest absolute Gasteiger partial charge is 0.464 e. The molecule has 6 N–H and O–H groups in total. The highest BCUT2D eigenvalue weighted by Gasteiger charge is 2.32. The number of ether oxygens (including phenoxy) is 2. The Hall–Kier alpha value is -0.870. The number of carbonyl (C=O) groups is 4. The number of carbonyl (C=O) groups excluding carboxylic acids is 4. The van der Waals surface area contributed by atoms with Crippen molar-refractivity contribution in [3.05, 3.63) is 27.4 Å². The molecule has 0 saturated carbocycles. The van der Waals surface area contributed by atoms with Crippen LogP contribution in [0.2, 0.25) is 0 Å². The van der Waals surface area contributed by atoms with E-state index < -0.39 is 55.2 Å². The van der Waals surface area contributed by atoms with Crippen LogP contribution < -0.4 is 16.0 Å². The van der Waals surface area contributed by atoms with Crippen LogP contribution in [-0.4, -0.2) is 90.4 Å². The van der Waals surface area contributed by atoms with Gasteiger partial charge in [-0.3, -0.25) is 19.2 Å². The third-order valence-corrected chi connectivity index (χ3v) is 7.70. The Labute approximate surface area is 249 Å². The van der Waals surface area contributed by atoms with Crippen molar-refractivity contribution in [1.82, 2.24) is 16.0 Å². The molecule has 0 aromatic heterocycles. The van der Waals surface area contributed by atoms with Gasteiger partial charge in [-0.25, -0.2) is 0 Å². The van der Waals surface area contributed by atoms with Gasteiger partial charge in [-0.2, -0.15) is 0 Å². The molecule has 0 aliphatic carbocycles. The van der Waals surface area contributed by atoms with Crippen LogP contribution in [0.1, 0.15) is 51.8 Å². The number of nitrogens with one attached hydrogen (secondary N) is 3. The van der Waals surface area contributed by atoms with Crippen molar-refractivity contribution in [2.45, 2.75) is 39.1 Å². The van der Waals surface area contributed by atoms with E-state index in [-0.39, 0.29) is 40.6 Å². The van der Waals surface area contributed by atoms with Crippen LogP contribution in [0.25, 0.3) is 0 Å². The van der Waals surface area contributed by atoms with Crippen LogP contribution in [0.5, 0.6) is 0 Å². The van der Waals surface area contributed by atoms with Gasteiger partial charge in [0.1, 0.15) is 12.8 Å². The van der Waals surface area contributed by atoms with Gasteiger partial charge in [-0.05, 0) is 81.6 Å². The van der Waals surface area contributed by atoms with Gasteiger partial charge in [0, 0.05) is 24.2 Å². The summed E-state index contributed by atoms with van der Waals surface area (Å²) in [5.74, 6) is -2.69. The first-order valence-corrected chi connectivity index (χ1v) is 13.9. The predicted molar refractivity (Wildman–Crippen MR) is 154 cm³/mol. The van der Waals surface area contributed by atoms with Gasteiger partial charge in [0.15, 0.2) is 0 Å². The van der Waals surface area contributed by atoms with Crippen molar-refractivity contribution in [1.29, 1.82) is 0 Å². The van der Waals surface area contributed by atoms with Crippen LogP contribution >= 0.6 is 67.8 Å². The minimum Gasteiger partial charge on any atom is -0.464 e. The molecule has 3 amide bonds. The highest BCUT2D eigenvalue weighted by Crippen LogP contribution is 2.32. The molecule has 0 spiro atoms. The van der Waals surface area contributed by atoms with Gasteiger partial charge in [-0.15, -0.1) is 0 Å². The first-order valence-electron chi connectivity index (χ1n) is 10.6. The maximum atomic E-state index is 13.3. The van der Waals surface area contributed by atoms with E-state index in [1.54, 1.807) is 29.5 Å².